The van der Waals surface area contributed by atoms with Gasteiger partial charge in [-0.25, -0.2) is 9.78 Å². The zero-order valence-electron chi connectivity index (χ0n) is 14.2. The Bertz CT molecular complexity index is 734. The standard InChI is InChI=1S/C18H21N3O3/c1-12(22)20-16-11-14(9-10-19-16)13-5-7-15(8-6-13)21-17(23)24-18(2,3)4/h5-11H,1-4H3,(H,21,23)(H,19,20,22). The van der Waals surface area contributed by atoms with Crippen LogP contribution in [0, 0.1) is 0 Å². The average Bonchev–Trinajstić information content (AvgIpc) is 2.45. The number of aromatic nitrogens is 1. The molecular formula is C18H21N3O3. The van der Waals surface area contributed by atoms with E-state index >= 15 is 0 Å². The van der Waals surface area contributed by atoms with E-state index in [4.69, 9.17) is 4.74 Å². The van der Waals surface area contributed by atoms with Gasteiger partial charge in [-0.05, 0) is 56.2 Å². The summed E-state index contributed by atoms with van der Waals surface area (Å²) in [4.78, 5) is 26.9. The minimum Gasteiger partial charge on any atom is -0.444 e. The van der Waals surface area contributed by atoms with Gasteiger partial charge in [0.1, 0.15) is 11.4 Å². The summed E-state index contributed by atoms with van der Waals surface area (Å²) in [6, 6.07) is 11.0. The second-order valence-electron chi connectivity index (χ2n) is 6.32. The molecule has 126 valence electrons. The van der Waals surface area contributed by atoms with Crippen LogP contribution >= 0.6 is 0 Å². The van der Waals surface area contributed by atoms with E-state index in [9.17, 15) is 9.59 Å². The molecule has 6 heteroatoms. The minimum absolute atomic E-state index is 0.170. The van der Waals surface area contributed by atoms with Crippen molar-refractivity contribution in [2.45, 2.75) is 33.3 Å². The Balaban J connectivity index is 2.09. The number of ether oxygens (including phenoxy) is 1. The molecule has 6 nitrogen and oxygen atoms in total. The first-order valence-electron chi connectivity index (χ1n) is 7.57. The zero-order valence-corrected chi connectivity index (χ0v) is 14.2. The third kappa shape index (κ3) is 5.39. The first-order chi connectivity index (χ1) is 11.2. The largest absolute Gasteiger partial charge is 0.444 e. The Morgan fingerprint density at radius 1 is 1.00 bits per heavy atom. The number of nitrogens with zero attached hydrogens (tertiary/aromatic N) is 1. The monoisotopic (exact) mass is 327 g/mol. The fourth-order valence-corrected chi connectivity index (χ4v) is 2.03. The van der Waals surface area contributed by atoms with Gasteiger partial charge in [-0.1, -0.05) is 12.1 Å². The fourth-order valence-electron chi connectivity index (χ4n) is 2.03. The van der Waals surface area contributed by atoms with Crippen molar-refractivity contribution in [2.24, 2.45) is 0 Å². The molecule has 2 amide bonds. The molecule has 1 aromatic carbocycles. The van der Waals surface area contributed by atoms with E-state index in [1.54, 1.807) is 24.4 Å². The highest BCUT2D eigenvalue weighted by molar-refractivity contribution is 5.88. The lowest BCUT2D eigenvalue weighted by Crippen LogP contribution is -2.27. The lowest BCUT2D eigenvalue weighted by atomic mass is 10.1. The Hall–Kier alpha value is -2.89. The van der Waals surface area contributed by atoms with Gasteiger partial charge in [-0.15, -0.1) is 0 Å². The van der Waals surface area contributed by atoms with Crippen molar-refractivity contribution >= 4 is 23.5 Å². The van der Waals surface area contributed by atoms with Crippen molar-refractivity contribution in [3.05, 3.63) is 42.6 Å². The van der Waals surface area contributed by atoms with E-state index in [2.05, 4.69) is 15.6 Å². The van der Waals surface area contributed by atoms with E-state index < -0.39 is 11.7 Å². The first-order valence-corrected chi connectivity index (χ1v) is 7.57. The van der Waals surface area contributed by atoms with Gasteiger partial charge >= 0.3 is 6.09 Å². The molecule has 0 fully saturated rings. The fraction of sp³-hybridized carbons (Fsp3) is 0.278. The molecule has 1 aromatic heterocycles. The van der Waals surface area contributed by atoms with Gasteiger partial charge in [0.05, 0.1) is 0 Å². The van der Waals surface area contributed by atoms with Crippen LogP contribution in [0.25, 0.3) is 11.1 Å². The summed E-state index contributed by atoms with van der Waals surface area (Å²) >= 11 is 0. The summed E-state index contributed by atoms with van der Waals surface area (Å²) in [5.74, 6) is 0.326. The van der Waals surface area contributed by atoms with E-state index in [0.717, 1.165) is 11.1 Å². The van der Waals surface area contributed by atoms with Crippen LogP contribution in [0.4, 0.5) is 16.3 Å². The van der Waals surface area contributed by atoms with Crippen molar-refractivity contribution < 1.29 is 14.3 Å². The van der Waals surface area contributed by atoms with Gasteiger partial charge < -0.3 is 10.1 Å². The van der Waals surface area contributed by atoms with Gasteiger partial charge in [0.25, 0.3) is 0 Å². The van der Waals surface area contributed by atoms with Crippen LogP contribution in [0.15, 0.2) is 42.6 Å². The Morgan fingerprint density at radius 3 is 2.25 bits per heavy atom. The normalized spacial score (nSPS) is 10.8. The lowest BCUT2D eigenvalue weighted by molar-refractivity contribution is -0.114. The van der Waals surface area contributed by atoms with Crippen LogP contribution < -0.4 is 10.6 Å². The van der Waals surface area contributed by atoms with Gasteiger partial charge in [0.15, 0.2) is 0 Å². The highest BCUT2D eigenvalue weighted by Gasteiger charge is 2.16. The van der Waals surface area contributed by atoms with Crippen molar-refractivity contribution in [1.29, 1.82) is 0 Å². The van der Waals surface area contributed by atoms with Crippen molar-refractivity contribution in [3.8, 4) is 11.1 Å². The van der Waals surface area contributed by atoms with Crippen molar-refractivity contribution in [3.63, 3.8) is 0 Å². The second-order valence-corrected chi connectivity index (χ2v) is 6.32. The Morgan fingerprint density at radius 2 is 1.67 bits per heavy atom. The molecule has 0 bridgehead atoms. The molecule has 24 heavy (non-hydrogen) atoms. The third-order valence-electron chi connectivity index (χ3n) is 2.93. The number of anilines is 2. The third-order valence-corrected chi connectivity index (χ3v) is 2.93. The smallest absolute Gasteiger partial charge is 0.412 e. The second kappa shape index (κ2) is 7.12. The summed E-state index contributed by atoms with van der Waals surface area (Å²) in [6.45, 7) is 6.87. The van der Waals surface area contributed by atoms with E-state index in [1.165, 1.54) is 6.92 Å². The number of carbonyl (C=O) groups is 2. The highest BCUT2D eigenvalue weighted by atomic mass is 16.6. The predicted molar refractivity (Wildman–Crippen MR) is 93.8 cm³/mol. The summed E-state index contributed by atoms with van der Waals surface area (Å²) < 4.78 is 5.21. The number of pyridine rings is 1. The molecule has 0 atom stereocenters. The predicted octanol–water partition coefficient (Wildman–Crippen LogP) is 4.05. The maximum Gasteiger partial charge on any atom is 0.412 e. The number of benzene rings is 1. The molecule has 1 heterocycles. The summed E-state index contributed by atoms with van der Waals surface area (Å²) in [7, 11) is 0. The molecule has 0 radical (unpaired) electrons. The topological polar surface area (TPSA) is 80.3 Å². The number of nitrogens with one attached hydrogen (secondary N) is 2. The Kier molecular flexibility index (Phi) is 5.18. The van der Waals surface area contributed by atoms with Gasteiger partial charge in [-0.2, -0.15) is 0 Å². The number of hydrogen-bond acceptors (Lipinski definition) is 4. The van der Waals surface area contributed by atoms with E-state index in [1.807, 2.05) is 39.0 Å². The van der Waals surface area contributed by atoms with Crippen LogP contribution in [0.3, 0.4) is 0 Å². The zero-order chi connectivity index (χ0) is 17.7. The van der Waals surface area contributed by atoms with Crippen LogP contribution in [-0.4, -0.2) is 22.6 Å². The minimum atomic E-state index is -0.541. The van der Waals surface area contributed by atoms with Crippen molar-refractivity contribution in [1.82, 2.24) is 4.98 Å². The molecule has 0 unspecified atom stereocenters. The average molecular weight is 327 g/mol. The summed E-state index contributed by atoms with van der Waals surface area (Å²) in [5.41, 5.74) is 1.96. The lowest BCUT2D eigenvalue weighted by Gasteiger charge is -2.19. The molecule has 2 N–H and O–H groups in total. The van der Waals surface area contributed by atoms with E-state index in [-0.39, 0.29) is 5.91 Å². The van der Waals surface area contributed by atoms with Crippen LogP contribution in [-0.2, 0) is 9.53 Å². The number of carbonyl (C=O) groups excluding carboxylic acids is 2. The van der Waals surface area contributed by atoms with Crippen LogP contribution in [0.2, 0.25) is 0 Å². The first kappa shape index (κ1) is 17.5. The van der Waals surface area contributed by atoms with Crippen molar-refractivity contribution in [2.75, 3.05) is 10.6 Å². The quantitative estimate of drug-likeness (QED) is 0.891. The number of amides is 2. The van der Waals surface area contributed by atoms with Crippen LogP contribution in [0.5, 0.6) is 0 Å². The summed E-state index contributed by atoms with van der Waals surface area (Å²) in [5, 5.41) is 5.33. The molecular weight excluding hydrogens is 306 g/mol. The maximum absolute atomic E-state index is 11.7. The van der Waals surface area contributed by atoms with Gasteiger partial charge in [0.2, 0.25) is 5.91 Å². The molecule has 0 spiro atoms. The molecule has 0 aliphatic rings. The molecule has 0 saturated carbocycles. The molecule has 0 aliphatic carbocycles. The SMILES string of the molecule is CC(=O)Nc1cc(-c2ccc(NC(=O)OC(C)(C)C)cc2)ccn1. The highest BCUT2D eigenvalue weighted by Crippen LogP contribution is 2.23. The van der Waals surface area contributed by atoms with Crippen LogP contribution in [0.1, 0.15) is 27.7 Å². The molecule has 2 aromatic rings. The molecule has 0 aliphatic heterocycles. The molecule has 0 saturated heterocycles. The number of rotatable bonds is 3. The Labute approximate surface area is 141 Å². The maximum atomic E-state index is 11.7. The number of hydrogen-bond donors (Lipinski definition) is 2. The van der Waals surface area contributed by atoms with E-state index in [0.29, 0.717) is 11.5 Å². The van der Waals surface area contributed by atoms with Gasteiger partial charge in [-0.3, -0.25) is 10.1 Å². The van der Waals surface area contributed by atoms with Gasteiger partial charge in [0, 0.05) is 18.8 Å². The molecule has 2 rings (SSSR count). The summed E-state index contributed by atoms with van der Waals surface area (Å²) in [6.07, 6.45) is 1.14.